The molecule has 2 N–H and O–H groups in total. The summed E-state index contributed by atoms with van der Waals surface area (Å²) in [5, 5.41) is 12.7. The van der Waals surface area contributed by atoms with Crippen LogP contribution in [0.15, 0.2) is 0 Å². The van der Waals surface area contributed by atoms with Gasteiger partial charge in [-0.2, -0.15) is 0 Å². The quantitative estimate of drug-likeness (QED) is 0.370. The SMILES string of the molecule is CC(C)CC(=O)NC(=O)[C@@H]1CCCN1C(=O)C(C)(CN(O)C=O)C1CCCC1. The predicted molar refractivity (Wildman–Crippen MR) is 102 cm³/mol. The maximum atomic E-state index is 13.5. The molecule has 1 saturated heterocycles. The molecule has 8 heteroatoms. The topological polar surface area (TPSA) is 107 Å². The van der Waals surface area contributed by atoms with E-state index < -0.39 is 17.4 Å². The fourth-order valence-corrected chi connectivity index (χ4v) is 4.56. The predicted octanol–water partition coefficient (Wildman–Crippen LogP) is 1.71. The van der Waals surface area contributed by atoms with Gasteiger partial charge in [0.1, 0.15) is 6.04 Å². The van der Waals surface area contributed by atoms with Crippen LogP contribution < -0.4 is 5.32 Å². The summed E-state index contributed by atoms with van der Waals surface area (Å²) in [5.74, 6) is -0.823. The van der Waals surface area contributed by atoms with E-state index in [9.17, 15) is 24.4 Å². The van der Waals surface area contributed by atoms with E-state index in [1.807, 2.05) is 13.8 Å². The van der Waals surface area contributed by atoms with Crippen LogP contribution in [0.2, 0.25) is 0 Å². The Kier molecular flexibility index (Phi) is 7.57. The maximum absolute atomic E-state index is 13.5. The van der Waals surface area contributed by atoms with E-state index >= 15 is 0 Å². The van der Waals surface area contributed by atoms with Gasteiger partial charge in [-0.25, -0.2) is 5.06 Å². The Hall–Kier alpha value is -1.96. The minimum Gasteiger partial charge on any atom is -0.330 e. The van der Waals surface area contributed by atoms with Gasteiger partial charge in [0.25, 0.3) is 0 Å². The zero-order valence-corrected chi connectivity index (χ0v) is 17.1. The summed E-state index contributed by atoms with van der Waals surface area (Å²) in [6, 6.07) is -0.687. The molecule has 0 bridgehead atoms. The van der Waals surface area contributed by atoms with Gasteiger partial charge in [0.2, 0.25) is 24.1 Å². The number of nitrogens with zero attached hydrogens (tertiary/aromatic N) is 2. The van der Waals surface area contributed by atoms with Gasteiger partial charge in [0, 0.05) is 13.0 Å². The van der Waals surface area contributed by atoms with Crippen LogP contribution in [0.1, 0.15) is 65.7 Å². The first-order chi connectivity index (χ1) is 13.2. The van der Waals surface area contributed by atoms with E-state index in [0.29, 0.717) is 30.9 Å². The van der Waals surface area contributed by atoms with Crippen LogP contribution in [-0.2, 0) is 19.2 Å². The highest BCUT2D eigenvalue weighted by atomic mass is 16.5. The molecule has 28 heavy (non-hydrogen) atoms. The Morgan fingerprint density at radius 2 is 1.86 bits per heavy atom. The molecule has 0 aromatic carbocycles. The van der Waals surface area contributed by atoms with Crippen LogP contribution in [0, 0.1) is 17.3 Å². The number of carbonyl (C=O) groups is 4. The number of carbonyl (C=O) groups excluding carboxylic acids is 4. The van der Waals surface area contributed by atoms with Crippen molar-refractivity contribution < 1.29 is 24.4 Å². The molecule has 0 aromatic rings. The zero-order chi connectivity index (χ0) is 20.9. The van der Waals surface area contributed by atoms with Crippen molar-refractivity contribution in [1.29, 1.82) is 0 Å². The van der Waals surface area contributed by atoms with Crippen LogP contribution in [0.25, 0.3) is 0 Å². The normalized spacial score (nSPS) is 22.2. The highest BCUT2D eigenvalue weighted by Gasteiger charge is 2.49. The van der Waals surface area contributed by atoms with Crippen LogP contribution in [0.3, 0.4) is 0 Å². The van der Waals surface area contributed by atoms with E-state index in [0.717, 1.165) is 25.7 Å². The first kappa shape index (κ1) is 22.3. The Labute approximate surface area is 166 Å². The molecule has 2 aliphatic rings. The van der Waals surface area contributed by atoms with Crippen LogP contribution >= 0.6 is 0 Å². The lowest BCUT2D eigenvalue weighted by atomic mass is 9.74. The first-order valence-electron chi connectivity index (χ1n) is 10.2. The summed E-state index contributed by atoms with van der Waals surface area (Å²) < 4.78 is 0. The van der Waals surface area contributed by atoms with Crippen molar-refractivity contribution in [3.8, 4) is 0 Å². The molecule has 2 rings (SSSR count). The monoisotopic (exact) mass is 395 g/mol. The molecule has 0 aromatic heterocycles. The van der Waals surface area contributed by atoms with Gasteiger partial charge in [-0.1, -0.05) is 26.7 Å². The van der Waals surface area contributed by atoms with Gasteiger partial charge in [-0.15, -0.1) is 0 Å². The summed E-state index contributed by atoms with van der Waals surface area (Å²) in [6.45, 7) is 5.91. The summed E-state index contributed by atoms with van der Waals surface area (Å²) in [6.07, 6.45) is 5.47. The van der Waals surface area contributed by atoms with Gasteiger partial charge in [-0.05, 0) is 44.4 Å². The molecule has 1 aliphatic heterocycles. The molecular formula is C20H33N3O5. The molecule has 1 heterocycles. The van der Waals surface area contributed by atoms with Crippen molar-refractivity contribution >= 4 is 24.1 Å². The molecule has 1 aliphatic carbocycles. The van der Waals surface area contributed by atoms with Crippen LogP contribution in [0.5, 0.6) is 0 Å². The van der Waals surface area contributed by atoms with E-state index in [-0.39, 0.29) is 36.6 Å². The third-order valence-corrected chi connectivity index (χ3v) is 6.03. The zero-order valence-electron chi connectivity index (χ0n) is 17.1. The minimum atomic E-state index is -0.961. The number of imide groups is 1. The number of amides is 4. The second-order valence-electron chi connectivity index (χ2n) is 8.77. The number of hydroxylamine groups is 2. The minimum absolute atomic E-state index is 0.0430. The maximum Gasteiger partial charge on any atom is 0.249 e. The Bertz CT molecular complexity index is 603. The molecular weight excluding hydrogens is 362 g/mol. The van der Waals surface area contributed by atoms with Crippen molar-refractivity contribution in [3.05, 3.63) is 0 Å². The Morgan fingerprint density at radius 3 is 2.43 bits per heavy atom. The fraction of sp³-hybridized carbons (Fsp3) is 0.800. The standard InChI is InChI=1S/C20H33N3O5/c1-14(2)11-17(25)21-18(26)16-9-6-10-23(16)19(27)20(3,12-22(28)13-24)15-7-4-5-8-15/h13-16,28H,4-12H2,1-3H3,(H,21,25,26)/t16-,20?/m0/s1. The Balaban J connectivity index is 2.16. The molecule has 8 nitrogen and oxygen atoms in total. The molecule has 158 valence electrons. The average molecular weight is 396 g/mol. The fourth-order valence-electron chi connectivity index (χ4n) is 4.56. The summed E-state index contributed by atoms with van der Waals surface area (Å²) in [7, 11) is 0. The van der Waals surface area contributed by atoms with Crippen molar-refractivity contribution in [1.82, 2.24) is 15.3 Å². The molecule has 1 unspecified atom stereocenters. The molecule has 0 spiro atoms. The van der Waals surface area contributed by atoms with E-state index in [1.165, 1.54) is 4.90 Å². The van der Waals surface area contributed by atoms with E-state index in [4.69, 9.17) is 0 Å². The lowest BCUT2D eigenvalue weighted by Crippen LogP contribution is -2.55. The smallest absolute Gasteiger partial charge is 0.249 e. The average Bonchev–Trinajstić information content (AvgIpc) is 3.31. The number of likely N-dealkylation sites (tertiary alicyclic amines) is 1. The number of hydrogen-bond acceptors (Lipinski definition) is 5. The van der Waals surface area contributed by atoms with E-state index in [2.05, 4.69) is 5.32 Å². The number of nitrogens with one attached hydrogen (secondary N) is 1. The van der Waals surface area contributed by atoms with Gasteiger partial charge in [0.05, 0.1) is 12.0 Å². The lowest BCUT2D eigenvalue weighted by Gasteiger charge is -2.40. The van der Waals surface area contributed by atoms with E-state index in [1.54, 1.807) is 6.92 Å². The van der Waals surface area contributed by atoms with Crippen LogP contribution in [0.4, 0.5) is 0 Å². The van der Waals surface area contributed by atoms with Gasteiger partial charge >= 0.3 is 0 Å². The van der Waals surface area contributed by atoms with Gasteiger partial charge < -0.3 is 4.90 Å². The van der Waals surface area contributed by atoms with Gasteiger partial charge in [-0.3, -0.25) is 29.7 Å². The lowest BCUT2D eigenvalue weighted by molar-refractivity contribution is -0.168. The molecule has 2 fully saturated rings. The summed E-state index contributed by atoms with van der Waals surface area (Å²) in [4.78, 5) is 50.6. The highest BCUT2D eigenvalue weighted by molar-refractivity contribution is 6.00. The molecule has 2 atom stereocenters. The molecule has 4 amide bonds. The van der Waals surface area contributed by atoms with Gasteiger partial charge in [0.15, 0.2) is 0 Å². The number of hydrogen-bond donors (Lipinski definition) is 2. The van der Waals surface area contributed by atoms with Crippen molar-refractivity contribution in [2.75, 3.05) is 13.1 Å². The molecule has 0 radical (unpaired) electrons. The second kappa shape index (κ2) is 9.49. The second-order valence-corrected chi connectivity index (χ2v) is 8.77. The van der Waals surface area contributed by atoms with Crippen molar-refractivity contribution in [2.24, 2.45) is 17.3 Å². The summed E-state index contributed by atoms with van der Waals surface area (Å²) >= 11 is 0. The third-order valence-electron chi connectivity index (χ3n) is 6.03. The highest BCUT2D eigenvalue weighted by Crippen LogP contribution is 2.42. The van der Waals surface area contributed by atoms with Crippen LogP contribution in [-0.4, -0.2) is 58.4 Å². The Morgan fingerprint density at radius 1 is 1.21 bits per heavy atom. The van der Waals surface area contributed by atoms with Crippen molar-refractivity contribution in [3.63, 3.8) is 0 Å². The van der Waals surface area contributed by atoms with Crippen molar-refractivity contribution in [2.45, 2.75) is 71.8 Å². The molecule has 1 saturated carbocycles. The largest absolute Gasteiger partial charge is 0.330 e. The first-order valence-corrected chi connectivity index (χ1v) is 10.2. The number of rotatable bonds is 8. The summed E-state index contributed by atoms with van der Waals surface area (Å²) in [5.41, 5.74) is -0.961. The third kappa shape index (κ3) is 5.10.